The van der Waals surface area contributed by atoms with E-state index in [0.29, 0.717) is 0 Å². The van der Waals surface area contributed by atoms with Gasteiger partial charge in [-0.3, -0.25) is 4.90 Å². The van der Waals surface area contributed by atoms with Gasteiger partial charge in [-0.1, -0.05) is 50.2 Å². The van der Waals surface area contributed by atoms with Crippen LogP contribution in [0.15, 0.2) is 48.5 Å². The second-order valence-corrected chi connectivity index (χ2v) is 5.93. The second-order valence-electron chi connectivity index (χ2n) is 5.93. The Morgan fingerprint density at radius 1 is 0.957 bits per heavy atom. The molecule has 124 valence electrons. The van der Waals surface area contributed by atoms with Crippen molar-refractivity contribution in [1.82, 2.24) is 4.90 Å². The highest BCUT2D eigenvalue weighted by molar-refractivity contribution is 5.36. The Kier molecular flexibility index (Phi) is 6.75. The Morgan fingerprint density at radius 3 is 2.17 bits per heavy atom. The topological polar surface area (TPSA) is 23.5 Å². The fourth-order valence-electron chi connectivity index (χ4n) is 2.91. The molecule has 0 radical (unpaired) electrons. The van der Waals surface area contributed by atoms with Crippen LogP contribution in [0.2, 0.25) is 0 Å². The molecule has 1 unspecified atom stereocenters. The van der Waals surface area contributed by atoms with Crippen molar-refractivity contribution in [3.05, 3.63) is 71.0 Å². The third-order valence-corrected chi connectivity index (χ3v) is 4.01. The number of hydrogen-bond donors (Lipinski definition) is 1. The van der Waals surface area contributed by atoms with E-state index < -0.39 is 6.10 Å². The monoisotopic (exact) mass is 315 g/mol. The molecule has 2 aromatic rings. The maximum atomic E-state index is 13.1. The number of hydrogen-bond acceptors (Lipinski definition) is 2. The molecule has 2 aromatic carbocycles. The third-order valence-electron chi connectivity index (χ3n) is 4.01. The minimum Gasteiger partial charge on any atom is -0.384 e. The molecule has 0 aliphatic heterocycles. The average molecular weight is 315 g/mol. The summed E-state index contributed by atoms with van der Waals surface area (Å²) in [6.07, 6.45) is 1.50. The smallest absolute Gasteiger partial charge is 0.123 e. The normalized spacial score (nSPS) is 12.6. The van der Waals surface area contributed by atoms with Crippen LogP contribution in [0.3, 0.4) is 0 Å². The lowest BCUT2D eigenvalue weighted by Crippen LogP contribution is -2.25. The summed E-state index contributed by atoms with van der Waals surface area (Å²) in [6.45, 7) is 7.30. The van der Waals surface area contributed by atoms with Gasteiger partial charge < -0.3 is 5.11 Å². The molecule has 1 N–H and O–H groups in total. The Morgan fingerprint density at radius 2 is 1.57 bits per heavy atom. The average Bonchev–Trinajstić information content (AvgIpc) is 2.56. The first-order valence-electron chi connectivity index (χ1n) is 8.39. The Hall–Kier alpha value is -1.71. The van der Waals surface area contributed by atoms with Crippen LogP contribution >= 0.6 is 0 Å². The molecule has 0 heterocycles. The van der Waals surface area contributed by atoms with Crippen molar-refractivity contribution in [2.75, 3.05) is 13.1 Å². The van der Waals surface area contributed by atoms with Gasteiger partial charge >= 0.3 is 0 Å². The molecular formula is C20H26FNO. The molecule has 0 aliphatic carbocycles. The zero-order chi connectivity index (χ0) is 16.7. The summed E-state index contributed by atoms with van der Waals surface area (Å²) in [5.74, 6) is -0.286. The van der Waals surface area contributed by atoms with E-state index in [1.807, 2.05) is 18.2 Å². The van der Waals surface area contributed by atoms with Crippen LogP contribution in [-0.2, 0) is 6.54 Å². The number of aliphatic hydroxyl groups is 1. The number of aliphatic hydroxyl groups excluding tert-OH is 1. The molecule has 0 amide bonds. The summed E-state index contributed by atoms with van der Waals surface area (Å²) in [6, 6.07) is 14.0. The lowest BCUT2D eigenvalue weighted by Gasteiger charge is -2.24. The fraction of sp³-hybridized carbons (Fsp3) is 0.400. The standard InChI is InChI=1S/C20H26FNO/c1-3-13-22(14-4-2)15-17-7-5-6-8-19(17)20(23)16-9-11-18(21)12-10-16/h5-12,20,23H,3-4,13-15H2,1-2H3. The molecule has 0 bridgehead atoms. The second kappa shape index (κ2) is 8.80. The summed E-state index contributed by atoms with van der Waals surface area (Å²) in [5, 5.41) is 10.7. The van der Waals surface area contributed by atoms with Crippen LogP contribution in [0.5, 0.6) is 0 Å². The number of rotatable bonds is 8. The summed E-state index contributed by atoms with van der Waals surface area (Å²) >= 11 is 0. The van der Waals surface area contributed by atoms with Crippen molar-refractivity contribution in [3.8, 4) is 0 Å². The molecule has 0 fully saturated rings. The molecule has 0 saturated heterocycles. The SMILES string of the molecule is CCCN(CCC)Cc1ccccc1C(O)c1ccc(F)cc1. The zero-order valence-corrected chi connectivity index (χ0v) is 14.0. The van der Waals surface area contributed by atoms with Gasteiger partial charge in [-0.15, -0.1) is 0 Å². The molecule has 0 aromatic heterocycles. The van der Waals surface area contributed by atoms with Gasteiger partial charge in [0.25, 0.3) is 0 Å². The van der Waals surface area contributed by atoms with Gasteiger partial charge in [0.15, 0.2) is 0 Å². The Bertz CT molecular complexity index is 591. The van der Waals surface area contributed by atoms with E-state index >= 15 is 0 Å². The van der Waals surface area contributed by atoms with E-state index in [1.165, 1.54) is 12.1 Å². The minimum atomic E-state index is -0.725. The molecule has 2 rings (SSSR count). The van der Waals surface area contributed by atoms with Crippen LogP contribution in [0, 0.1) is 5.82 Å². The molecule has 23 heavy (non-hydrogen) atoms. The fourth-order valence-corrected chi connectivity index (χ4v) is 2.91. The number of nitrogens with zero attached hydrogens (tertiary/aromatic N) is 1. The van der Waals surface area contributed by atoms with Gasteiger partial charge in [0, 0.05) is 6.54 Å². The summed E-state index contributed by atoms with van der Waals surface area (Å²) < 4.78 is 13.1. The summed E-state index contributed by atoms with van der Waals surface area (Å²) in [5.41, 5.74) is 2.75. The van der Waals surface area contributed by atoms with Crippen LogP contribution in [0.4, 0.5) is 4.39 Å². The minimum absolute atomic E-state index is 0.286. The van der Waals surface area contributed by atoms with Gasteiger partial charge in [0.2, 0.25) is 0 Å². The van der Waals surface area contributed by atoms with E-state index in [-0.39, 0.29) is 5.82 Å². The zero-order valence-electron chi connectivity index (χ0n) is 14.0. The maximum absolute atomic E-state index is 13.1. The van der Waals surface area contributed by atoms with Gasteiger partial charge in [0.05, 0.1) is 0 Å². The van der Waals surface area contributed by atoms with Crippen molar-refractivity contribution >= 4 is 0 Å². The highest BCUT2D eigenvalue weighted by Crippen LogP contribution is 2.26. The van der Waals surface area contributed by atoms with Gasteiger partial charge in [-0.05, 0) is 54.8 Å². The highest BCUT2D eigenvalue weighted by atomic mass is 19.1. The number of halogens is 1. The lowest BCUT2D eigenvalue weighted by atomic mass is 9.96. The first kappa shape index (κ1) is 17.6. The molecule has 0 saturated carbocycles. The molecule has 2 nitrogen and oxygen atoms in total. The van der Waals surface area contributed by atoms with Gasteiger partial charge in [-0.2, -0.15) is 0 Å². The maximum Gasteiger partial charge on any atom is 0.123 e. The molecular weight excluding hydrogens is 289 g/mol. The predicted molar refractivity (Wildman–Crippen MR) is 92.8 cm³/mol. The lowest BCUT2D eigenvalue weighted by molar-refractivity contribution is 0.214. The Balaban J connectivity index is 2.23. The summed E-state index contributed by atoms with van der Waals surface area (Å²) in [4.78, 5) is 2.41. The highest BCUT2D eigenvalue weighted by Gasteiger charge is 2.16. The van der Waals surface area contributed by atoms with E-state index in [1.54, 1.807) is 12.1 Å². The number of benzene rings is 2. The largest absolute Gasteiger partial charge is 0.384 e. The van der Waals surface area contributed by atoms with Crippen molar-refractivity contribution < 1.29 is 9.50 Å². The third kappa shape index (κ3) is 4.88. The molecule has 3 heteroatoms. The van der Waals surface area contributed by atoms with Crippen LogP contribution in [0.25, 0.3) is 0 Å². The molecule has 0 aliphatic rings. The van der Waals surface area contributed by atoms with E-state index in [0.717, 1.165) is 49.2 Å². The Labute approximate surface area is 138 Å². The van der Waals surface area contributed by atoms with Crippen molar-refractivity contribution in [1.29, 1.82) is 0 Å². The first-order valence-corrected chi connectivity index (χ1v) is 8.39. The van der Waals surface area contributed by atoms with Crippen molar-refractivity contribution in [2.45, 2.75) is 39.3 Å². The quantitative estimate of drug-likeness (QED) is 0.773. The van der Waals surface area contributed by atoms with Gasteiger partial charge in [-0.25, -0.2) is 4.39 Å². The van der Waals surface area contributed by atoms with Crippen LogP contribution in [-0.4, -0.2) is 23.1 Å². The van der Waals surface area contributed by atoms with Crippen LogP contribution in [0.1, 0.15) is 49.5 Å². The predicted octanol–water partition coefficient (Wildman–Crippen LogP) is 4.53. The first-order chi connectivity index (χ1) is 11.2. The van der Waals surface area contributed by atoms with Crippen LogP contribution < -0.4 is 0 Å². The summed E-state index contributed by atoms with van der Waals surface area (Å²) in [7, 11) is 0. The van der Waals surface area contributed by atoms with Gasteiger partial charge in [0.1, 0.15) is 11.9 Å². The van der Waals surface area contributed by atoms with E-state index in [9.17, 15) is 9.50 Å². The molecule has 1 atom stereocenters. The van der Waals surface area contributed by atoms with E-state index in [4.69, 9.17) is 0 Å². The van der Waals surface area contributed by atoms with Crippen molar-refractivity contribution in [3.63, 3.8) is 0 Å². The molecule has 0 spiro atoms. The van der Waals surface area contributed by atoms with Crippen molar-refractivity contribution in [2.24, 2.45) is 0 Å². The van der Waals surface area contributed by atoms with E-state index in [2.05, 4.69) is 24.8 Å².